The Hall–Kier alpha value is -4.14. The summed E-state index contributed by atoms with van der Waals surface area (Å²) in [5.74, 6) is 14.0. The molecule has 0 N–H and O–H groups in total. The molecular formula is C28H22O2. The highest BCUT2D eigenvalue weighted by Crippen LogP contribution is 2.29. The van der Waals surface area contributed by atoms with E-state index in [1.54, 1.807) is 12.2 Å². The molecule has 146 valence electrons. The van der Waals surface area contributed by atoms with Gasteiger partial charge in [-0.3, -0.25) is 0 Å². The quantitative estimate of drug-likeness (QED) is 0.402. The molecule has 0 aliphatic heterocycles. The van der Waals surface area contributed by atoms with Crippen molar-refractivity contribution >= 4 is 0 Å². The number of hydrogen-bond acceptors (Lipinski definition) is 2. The minimum absolute atomic E-state index is 0.371. The predicted molar refractivity (Wildman–Crippen MR) is 123 cm³/mol. The molecule has 3 aromatic rings. The molecule has 0 radical (unpaired) electrons. The van der Waals surface area contributed by atoms with Crippen LogP contribution in [0.25, 0.3) is 0 Å². The molecule has 3 aromatic carbocycles. The topological polar surface area (TPSA) is 18.5 Å². The largest absolute Gasteiger partial charge is 0.488 e. The first-order valence-corrected chi connectivity index (χ1v) is 9.59. The molecular weight excluding hydrogens is 368 g/mol. The van der Waals surface area contributed by atoms with Gasteiger partial charge in [-0.25, -0.2) is 0 Å². The van der Waals surface area contributed by atoms with E-state index in [-0.39, 0.29) is 0 Å². The highest BCUT2D eigenvalue weighted by Gasteiger charge is 2.10. The molecule has 0 atom stereocenters. The lowest BCUT2D eigenvalue weighted by Gasteiger charge is -2.12. The van der Waals surface area contributed by atoms with E-state index in [9.17, 15) is 0 Å². The van der Waals surface area contributed by atoms with Crippen molar-refractivity contribution in [1.82, 2.24) is 0 Å². The summed E-state index contributed by atoms with van der Waals surface area (Å²) in [5.41, 5.74) is 3.33. The fourth-order valence-electron chi connectivity index (χ4n) is 2.61. The molecule has 2 nitrogen and oxygen atoms in total. The van der Waals surface area contributed by atoms with Gasteiger partial charge in [-0.15, -0.1) is 0 Å². The van der Waals surface area contributed by atoms with Crippen LogP contribution in [0.2, 0.25) is 0 Å². The van der Waals surface area contributed by atoms with Crippen LogP contribution in [-0.2, 0) is 0 Å². The molecule has 0 spiro atoms. The van der Waals surface area contributed by atoms with Crippen molar-refractivity contribution in [3.05, 3.63) is 120 Å². The fraction of sp³-hybridized carbons (Fsp3) is 0.0714. The van der Waals surface area contributed by atoms with E-state index in [1.807, 2.05) is 72.8 Å². The van der Waals surface area contributed by atoms with Crippen molar-refractivity contribution in [3.63, 3.8) is 0 Å². The fourth-order valence-corrected chi connectivity index (χ4v) is 2.61. The summed E-state index contributed by atoms with van der Waals surface area (Å²) >= 11 is 0. The lowest BCUT2D eigenvalue weighted by atomic mass is 10.1. The van der Waals surface area contributed by atoms with Crippen LogP contribution in [-0.4, -0.2) is 13.2 Å². The van der Waals surface area contributed by atoms with E-state index in [1.165, 1.54) is 0 Å². The first-order valence-electron chi connectivity index (χ1n) is 9.59. The van der Waals surface area contributed by atoms with Crippen LogP contribution in [0.4, 0.5) is 0 Å². The molecule has 0 aromatic heterocycles. The highest BCUT2D eigenvalue weighted by atomic mass is 16.5. The van der Waals surface area contributed by atoms with Crippen molar-refractivity contribution in [2.75, 3.05) is 13.2 Å². The van der Waals surface area contributed by atoms with Crippen molar-refractivity contribution in [2.45, 2.75) is 0 Å². The lowest BCUT2D eigenvalue weighted by molar-refractivity contribution is 0.344. The average molecular weight is 390 g/mol. The van der Waals surface area contributed by atoms with Crippen LogP contribution in [0.3, 0.4) is 0 Å². The molecule has 0 bridgehead atoms. The summed E-state index contributed by atoms with van der Waals surface area (Å²) in [4.78, 5) is 0. The molecule has 30 heavy (non-hydrogen) atoms. The second-order valence-electron chi connectivity index (χ2n) is 6.28. The molecule has 0 fully saturated rings. The van der Waals surface area contributed by atoms with Crippen molar-refractivity contribution in [1.29, 1.82) is 0 Å². The Balaban J connectivity index is 2.06. The Kier molecular flexibility index (Phi) is 7.55. The van der Waals surface area contributed by atoms with E-state index in [0.717, 1.165) is 22.3 Å². The van der Waals surface area contributed by atoms with Gasteiger partial charge < -0.3 is 9.47 Å². The van der Waals surface area contributed by atoms with Crippen LogP contribution in [0.1, 0.15) is 22.3 Å². The lowest BCUT2D eigenvalue weighted by Crippen LogP contribution is -2.01. The maximum atomic E-state index is 5.84. The summed E-state index contributed by atoms with van der Waals surface area (Å²) in [6, 6.07) is 23.4. The summed E-state index contributed by atoms with van der Waals surface area (Å²) in [5, 5.41) is 0. The van der Waals surface area contributed by atoms with Gasteiger partial charge in [0, 0.05) is 17.2 Å². The number of rotatable bonds is 6. The molecule has 3 rings (SSSR count). The minimum Gasteiger partial charge on any atom is -0.488 e. The zero-order valence-corrected chi connectivity index (χ0v) is 16.7. The molecule has 0 unspecified atom stereocenters. The van der Waals surface area contributed by atoms with Crippen LogP contribution >= 0.6 is 0 Å². The molecule has 0 saturated carbocycles. The van der Waals surface area contributed by atoms with Gasteiger partial charge in [-0.2, -0.15) is 0 Å². The second-order valence-corrected chi connectivity index (χ2v) is 6.28. The van der Waals surface area contributed by atoms with Gasteiger partial charge in [-0.1, -0.05) is 85.4 Å². The van der Waals surface area contributed by atoms with Gasteiger partial charge in [0.1, 0.15) is 24.7 Å². The van der Waals surface area contributed by atoms with Gasteiger partial charge in [0.15, 0.2) is 0 Å². The number of ether oxygens (including phenoxy) is 2. The maximum absolute atomic E-state index is 5.84. The van der Waals surface area contributed by atoms with Gasteiger partial charge in [0.25, 0.3) is 0 Å². The Labute approximate surface area is 178 Å². The Morgan fingerprint density at radius 3 is 1.43 bits per heavy atom. The summed E-state index contributed by atoms with van der Waals surface area (Å²) < 4.78 is 11.7. The molecule has 0 amide bonds. The second kappa shape index (κ2) is 11.0. The third-order valence-electron chi connectivity index (χ3n) is 4.03. The maximum Gasteiger partial charge on any atom is 0.139 e. The average Bonchev–Trinajstić information content (AvgIpc) is 2.80. The monoisotopic (exact) mass is 390 g/mol. The van der Waals surface area contributed by atoms with Crippen molar-refractivity contribution in [3.8, 4) is 35.2 Å². The highest BCUT2D eigenvalue weighted by molar-refractivity contribution is 5.60. The SMILES string of the molecule is C=CCOc1cc(OCC=C)c(C#Cc2ccccc2)cc1C#Cc1ccccc1. The van der Waals surface area contributed by atoms with Crippen LogP contribution in [0.5, 0.6) is 11.5 Å². The predicted octanol–water partition coefficient (Wildman–Crippen LogP) is 5.62. The van der Waals surface area contributed by atoms with Crippen LogP contribution < -0.4 is 9.47 Å². The first kappa shape index (κ1) is 20.6. The Morgan fingerprint density at radius 2 is 1.03 bits per heavy atom. The standard InChI is InChI=1S/C28H22O2/c1-3-19-29-27-22-28(30-20-4-2)26(18-16-24-13-9-6-10-14-24)21-25(27)17-15-23-11-7-5-8-12-23/h3-14,21-22H,1-2,19-20H2. The van der Waals surface area contributed by atoms with E-state index in [2.05, 4.69) is 36.8 Å². The smallest absolute Gasteiger partial charge is 0.139 e. The van der Waals surface area contributed by atoms with Gasteiger partial charge in [-0.05, 0) is 30.3 Å². The summed E-state index contributed by atoms with van der Waals surface area (Å²) in [6.45, 7) is 8.19. The molecule has 0 saturated heterocycles. The van der Waals surface area contributed by atoms with Gasteiger partial charge in [0.2, 0.25) is 0 Å². The van der Waals surface area contributed by atoms with Crippen LogP contribution in [0.15, 0.2) is 98.1 Å². The number of hydrogen-bond donors (Lipinski definition) is 0. The molecule has 0 aliphatic carbocycles. The molecule has 0 heterocycles. The van der Waals surface area contributed by atoms with E-state index >= 15 is 0 Å². The summed E-state index contributed by atoms with van der Waals surface area (Å²) in [7, 11) is 0. The Morgan fingerprint density at radius 1 is 0.600 bits per heavy atom. The third-order valence-corrected chi connectivity index (χ3v) is 4.03. The third kappa shape index (κ3) is 5.93. The van der Waals surface area contributed by atoms with Crippen molar-refractivity contribution in [2.24, 2.45) is 0 Å². The minimum atomic E-state index is 0.371. The number of benzene rings is 3. The van der Waals surface area contributed by atoms with Gasteiger partial charge in [0.05, 0.1) is 11.1 Å². The molecule has 0 aliphatic rings. The van der Waals surface area contributed by atoms with Crippen LogP contribution in [0, 0.1) is 23.7 Å². The first-order chi connectivity index (χ1) is 14.8. The summed E-state index contributed by atoms with van der Waals surface area (Å²) in [6.07, 6.45) is 3.39. The van der Waals surface area contributed by atoms with E-state index in [4.69, 9.17) is 9.47 Å². The van der Waals surface area contributed by atoms with E-state index < -0.39 is 0 Å². The van der Waals surface area contributed by atoms with Gasteiger partial charge >= 0.3 is 0 Å². The zero-order chi connectivity index (χ0) is 21.0. The van der Waals surface area contributed by atoms with Crippen molar-refractivity contribution < 1.29 is 9.47 Å². The Bertz CT molecular complexity index is 1030. The normalized spacial score (nSPS) is 9.33. The molecule has 2 heteroatoms. The van der Waals surface area contributed by atoms with E-state index in [0.29, 0.717) is 24.7 Å². The zero-order valence-electron chi connectivity index (χ0n) is 16.7.